The van der Waals surface area contributed by atoms with Crippen LogP contribution >= 0.6 is 0 Å². The molecule has 30 heteroatoms. The van der Waals surface area contributed by atoms with Crippen LogP contribution in [0, 0.1) is 23.7 Å². The average molecular weight is 1540 g/mol. The summed E-state index contributed by atoms with van der Waals surface area (Å²) in [7, 11) is 0. The topological polar surface area (TPSA) is 412 Å². The van der Waals surface area contributed by atoms with Gasteiger partial charge in [0.15, 0.2) is 0 Å². The zero-order valence-corrected chi connectivity index (χ0v) is 67.2. The number of nitrogens with one attached hydrogen (secondary N) is 12. The minimum absolute atomic E-state index is 0.0508. The molecule has 0 aliphatic carbocycles. The van der Waals surface area contributed by atoms with Gasteiger partial charge in [-0.25, -0.2) is 24.0 Å². The van der Waals surface area contributed by atoms with Gasteiger partial charge in [0.1, 0.15) is 58.7 Å². The van der Waals surface area contributed by atoms with E-state index in [0.29, 0.717) is 11.1 Å². The maximum absolute atomic E-state index is 15.0. The van der Waals surface area contributed by atoms with Gasteiger partial charge in [-0.1, -0.05) is 116 Å². The number of rotatable bonds is 30. The third-order valence-electron chi connectivity index (χ3n) is 15.7. The molecule has 30 nitrogen and oxygen atoms in total. The predicted molar refractivity (Wildman–Crippen MR) is 422 cm³/mol. The van der Waals surface area contributed by atoms with Gasteiger partial charge in [0.2, 0.25) is 35.4 Å². The molecule has 12 N–H and O–H groups in total. The van der Waals surface area contributed by atoms with Crippen LogP contribution in [0.4, 0.5) is 53.3 Å². The van der Waals surface area contributed by atoms with Crippen molar-refractivity contribution in [1.29, 1.82) is 0 Å². The van der Waals surface area contributed by atoms with E-state index in [1.807, 2.05) is 0 Å². The molecule has 0 fully saturated rings. The molecule has 5 rings (SSSR count). The Balaban J connectivity index is 1.58. The van der Waals surface area contributed by atoms with Crippen molar-refractivity contribution >= 4 is 112 Å². The molecule has 6 atom stereocenters. The molecule has 0 spiro atoms. The van der Waals surface area contributed by atoms with Crippen molar-refractivity contribution in [3.63, 3.8) is 0 Å². The Morgan fingerprint density at radius 2 is 0.532 bits per heavy atom. The quantitative estimate of drug-likeness (QED) is 0.0150. The number of carbonyl (C=O) groups excluding carboxylic acids is 13. The van der Waals surface area contributed by atoms with Crippen LogP contribution in [0.2, 0.25) is 0 Å². The smallest absolute Gasteiger partial charge is 0.408 e. The van der Waals surface area contributed by atoms with Gasteiger partial charge in [0, 0.05) is 58.1 Å². The van der Waals surface area contributed by atoms with E-state index in [4.69, 9.17) is 23.7 Å². The van der Waals surface area contributed by atoms with Crippen molar-refractivity contribution in [2.45, 2.75) is 217 Å². The van der Waals surface area contributed by atoms with Crippen molar-refractivity contribution in [2.75, 3.05) is 38.5 Å². The first-order chi connectivity index (χ1) is 51.5. The van der Waals surface area contributed by atoms with Crippen molar-refractivity contribution < 1.29 is 86.0 Å². The monoisotopic (exact) mass is 1540 g/mol. The van der Waals surface area contributed by atoms with Gasteiger partial charge < -0.3 is 87.5 Å². The molecule has 0 radical (unpaired) electrons. The largest absolute Gasteiger partial charge is 0.462 e. The van der Waals surface area contributed by atoms with Crippen LogP contribution in [-0.4, -0.2) is 143 Å². The molecule has 602 valence electrons. The van der Waals surface area contributed by atoms with Gasteiger partial charge in [-0.2, -0.15) is 0 Å². The fraction of sp³-hybridized carbons (Fsp3) is 0.469. The summed E-state index contributed by atoms with van der Waals surface area (Å²) < 4.78 is 27.2. The van der Waals surface area contributed by atoms with E-state index in [-0.39, 0.29) is 70.3 Å². The van der Waals surface area contributed by atoms with E-state index in [2.05, 4.69) is 63.8 Å². The Bertz CT molecular complexity index is 3760. The lowest BCUT2D eigenvalue weighted by molar-refractivity contribution is -0.119. The Kier molecular flexibility index (Phi) is 32.2. The molecular weight excluding hydrogens is 1430 g/mol. The van der Waals surface area contributed by atoms with Crippen LogP contribution in [0.1, 0.15) is 188 Å². The highest BCUT2D eigenvalue weighted by Gasteiger charge is 2.34. The molecule has 0 heterocycles. The number of hydrogen-bond acceptors (Lipinski definition) is 18. The van der Waals surface area contributed by atoms with Gasteiger partial charge in [0.05, 0.1) is 12.2 Å². The molecule has 0 saturated carbocycles. The summed E-state index contributed by atoms with van der Waals surface area (Å²) in [6.45, 7) is 34.8. The lowest BCUT2D eigenvalue weighted by atomic mass is 10.0. The normalized spacial score (nSPS) is 13.2. The zero-order valence-electron chi connectivity index (χ0n) is 67.2. The highest BCUT2D eigenvalue weighted by Crippen LogP contribution is 2.27. The number of carbonyl (C=O) groups is 13. The summed E-state index contributed by atoms with van der Waals surface area (Å²) in [6.07, 6.45) is -3.83. The second kappa shape index (κ2) is 39.7. The first-order valence-electron chi connectivity index (χ1n) is 36.7. The molecule has 5 aromatic carbocycles. The van der Waals surface area contributed by atoms with E-state index in [0.717, 1.165) is 0 Å². The van der Waals surface area contributed by atoms with Gasteiger partial charge in [-0.3, -0.25) is 38.4 Å². The van der Waals surface area contributed by atoms with Gasteiger partial charge in [0.25, 0.3) is 11.8 Å². The molecule has 0 unspecified atom stereocenters. The maximum atomic E-state index is 15.0. The number of anilines is 6. The Morgan fingerprint density at radius 1 is 0.306 bits per heavy atom. The number of amides is 12. The lowest BCUT2D eigenvalue weighted by Crippen LogP contribution is -2.49. The summed E-state index contributed by atoms with van der Waals surface area (Å²) in [4.78, 5) is 182. The van der Waals surface area contributed by atoms with Crippen LogP contribution in [-0.2, 0) is 65.3 Å². The second-order valence-corrected chi connectivity index (χ2v) is 32.0. The first-order valence-corrected chi connectivity index (χ1v) is 36.7. The highest BCUT2D eigenvalue weighted by atomic mass is 16.6. The van der Waals surface area contributed by atoms with Crippen LogP contribution in [0.5, 0.6) is 0 Å². The molecule has 0 aromatic heterocycles. The van der Waals surface area contributed by atoms with Crippen molar-refractivity contribution in [2.24, 2.45) is 23.7 Å². The number of alkyl carbamates (subject to hydrolysis) is 4. The highest BCUT2D eigenvalue weighted by molar-refractivity contribution is 6.08. The summed E-state index contributed by atoms with van der Waals surface area (Å²) in [5, 5.41) is 32.4. The number of hydrogen-bond donors (Lipinski definition) is 12. The van der Waals surface area contributed by atoms with E-state index in [9.17, 15) is 52.7 Å². The van der Waals surface area contributed by atoms with Crippen LogP contribution < -0.4 is 63.8 Å². The summed E-state index contributed by atoms with van der Waals surface area (Å²) in [6, 6.07) is 21.2. The maximum Gasteiger partial charge on any atom is 0.408 e. The van der Waals surface area contributed by atoms with Crippen molar-refractivity contribution in [1.82, 2.24) is 31.9 Å². The Labute approximate surface area is 649 Å². The van der Waals surface area contributed by atoms with Crippen molar-refractivity contribution in [3.05, 3.63) is 143 Å². The van der Waals surface area contributed by atoms with Gasteiger partial charge in [-0.15, -0.1) is 0 Å². The molecule has 111 heavy (non-hydrogen) atoms. The van der Waals surface area contributed by atoms with Crippen LogP contribution in [0.25, 0.3) is 0 Å². The third kappa shape index (κ3) is 31.1. The van der Waals surface area contributed by atoms with Gasteiger partial charge in [-0.05, 0) is 179 Å². The molecule has 0 saturated heterocycles. The molecular formula is C81H110N12O18. The standard InChI is InChI=1S/C81H110N12O18/c1-22-107-73(102)52-39-57(82-67(96)59(33-48-29-25-23-26-30-48)88-65(94)50-35-53(84-69(98)61(44(2)3)90-74(103)108-78(10,11)12)41-54(36-50)85-70(99)62(45(4)5)91-75(104)109-79(13,14)15)43-58(40-52)83-68(97)60(34-49-31-27-24-28-32-49)89-66(95)51-37-55(86-71(100)63(46(6)7)92-76(105)110-80(16,17)18)42-56(38-51)87-72(101)64(47(8)9)93-77(106)111-81(19,20)21/h23-32,35-47,59-64H,22,33-34H2,1-21H3,(H,82,96)(H,83,97)(H,84,98)(H,85,99)(H,86,100)(H,87,101)(H,88,94)(H,89,95)(H,90,103)(H,91,104)(H,92,105)(H,93,106)/t59-,60-,61-,62-,63-,64-/m0/s1. The fourth-order valence-electron chi connectivity index (χ4n) is 10.7. The van der Waals surface area contributed by atoms with E-state index < -0.39 is 160 Å². The van der Waals surface area contributed by atoms with E-state index in [1.165, 1.54) is 54.6 Å². The summed E-state index contributed by atoms with van der Waals surface area (Å²) in [5.41, 5.74) is -3.50. The summed E-state index contributed by atoms with van der Waals surface area (Å²) in [5.74, 6) is -9.38. The Hall–Kier alpha value is -11.6. The number of benzene rings is 5. The van der Waals surface area contributed by atoms with E-state index >= 15 is 9.59 Å². The number of ether oxygens (including phenoxy) is 5. The van der Waals surface area contributed by atoms with Crippen LogP contribution in [0.3, 0.4) is 0 Å². The SMILES string of the molecule is CCOC(=O)c1cc(NC(=O)[C@H](Cc2ccccc2)NC(=O)c2cc(NC(=O)[C@@H](NC(=O)OC(C)(C)C)C(C)C)cc(NC(=O)[C@@H](NC(=O)OC(C)(C)C)C(C)C)c2)cc(NC(=O)[C@H](Cc2ccccc2)NC(=O)c2cc(NC(=O)[C@@H](NC(=O)OC(C)(C)C)C(C)C)cc(NC(=O)[C@@H](NC(=O)OC(C)(C)C)C(C)C)c2)c1. The molecule has 12 amide bonds. The minimum Gasteiger partial charge on any atom is -0.462 e. The molecule has 5 aromatic rings. The zero-order chi connectivity index (χ0) is 83.2. The lowest BCUT2D eigenvalue weighted by Gasteiger charge is -2.26. The minimum atomic E-state index is -1.46. The second-order valence-electron chi connectivity index (χ2n) is 32.0. The third-order valence-corrected chi connectivity index (χ3v) is 15.7. The number of esters is 1. The molecule has 0 aliphatic rings. The van der Waals surface area contributed by atoms with E-state index in [1.54, 1.807) is 206 Å². The van der Waals surface area contributed by atoms with Gasteiger partial charge >= 0.3 is 30.3 Å². The van der Waals surface area contributed by atoms with Crippen molar-refractivity contribution in [3.8, 4) is 0 Å². The average Bonchev–Trinajstić information content (AvgIpc) is 0.823. The molecule has 0 aliphatic heterocycles. The molecule has 0 bridgehead atoms. The fourth-order valence-corrected chi connectivity index (χ4v) is 10.7. The first kappa shape index (κ1) is 90.0. The summed E-state index contributed by atoms with van der Waals surface area (Å²) >= 11 is 0. The Morgan fingerprint density at radius 3 is 0.748 bits per heavy atom. The predicted octanol–water partition coefficient (Wildman–Crippen LogP) is 11.8. The van der Waals surface area contributed by atoms with Crippen LogP contribution in [0.15, 0.2) is 115 Å².